The Morgan fingerprint density at radius 2 is 1.71 bits per heavy atom. The number of nitrogens with zero attached hydrogens (tertiary/aromatic N) is 3. The minimum atomic E-state index is 0.494. The Morgan fingerprint density at radius 1 is 1.00 bits per heavy atom. The van der Waals surface area contributed by atoms with Gasteiger partial charge in [0.05, 0.1) is 5.69 Å². The van der Waals surface area contributed by atoms with Crippen molar-refractivity contribution in [2.24, 2.45) is 5.92 Å². The third-order valence-corrected chi connectivity index (χ3v) is 5.67. The van der Waals surface area contributed by atoms with Crippen LogP contribution in [0.5, 0.6) is 0 Å². The maximum atomic E-state index is 4.46. The largest absolute Gasteiger partial charge is 0.364 e. The van der Waals surface area contributed by atoms with E-state index in [0.29, 0.717) is 12.1 Å². The molecule has 3 aliphatic heterocycles. The van der Waals surface area contributed by atoms with Gasteiger partial charge in [-0.2, -0.15) is 0 Å². The number of hydrogen-bond donors (Lipinski definition) is 1. The predicted octanol–water partition coefficient (Wildman–Crippen LogP) is 3.66. The molecule has 2 bridgehead atoms. The predicted molar refractivity (Wildman–Crippen MR) is 98.1 cm³/mol. The molecule has 1 aromatic carbocycles. The zero-order chi connectivity index (χ0) is 16.7. The fourth-order valence-corrected chi connectivity index (χ4v) is 4.40. The number of piperidine rings is 3. The molecule has 24 heavy (non-hydrogen) atoms. The van der Waals surface area contributed by atoms with Crippen LogP contribution in [0, 0.1) is 19.8 Å². The zero-order valence-electron chi connectivity index (χ0n) is 14.8. The van der Waals surface area contributed by atoms with Crippen molar-refractivity contribution in [2.75, 3.05) is 18.4 Å². The molecule has 3 aliphatic rings. The van der Waals surface area contributed by atoms with Gasteiger partial charge in [0.2, 0.25) is 0 Å². The van der Waals surface area contributed by atoms with E-state index in [0.717, 1.165) is 23.0 Å². The maximum Gasteiger partial charge on any atom is 0.148 e. The highest BCUT2D eigenvalue weighted by atomic mass is 15.2. The van der Waals surface area contributed by atoms with Crippen LogP contribution in [0.4, 0.5) is 5.82 Å². The van der Waals surface area contributed by atoms with E-state index in [4.69, 9.17) is 0 Å². The normalized spacial score (nSPS) is 28.8. The van der Waals surface area contributed by atoms with Gasteiger partial charge in [-0.3, -0.25) is 4.90 Å². The average Bonchev–Trinajstić information content (AvgIpc) is 2.58. The van der Waals surface area contributed by atoms with Gasteiger partial charge >= 0.3 is 0 Å². The maximum absolute atomic E-state index is 4.46. The summed E-state index contributed by atoms with van der Waals surface area (Å²) in [5.74, 6) is 1.67. The van der Waals surface area contributed by atoms with Gasteiger partial charge in [0, 0.05) is 17.6 Å². The Hall–Kier alpha value is -1.94. The first-order valence-electron chi connectivity index (χ1n) is 9.03. The van der Waals surface area contributed by atoms with Crippen molar-refractivity contribution in [3.63, 3.8) is 0 Å². The SMILES string of the molecule is Cc1cc(C)cc(-c2ccc(NC3C4CCN(CC4)C3C)nn2)c1. The van der Waals surface area contributed by atoms with Crippen molar-refractivity contribution in [2.45, 2.75) is 45.7 Å². The smallest absolute Gasteiger partial charge is 0.148 e. The standard InChI is InChI=1S/C20H26N4/c1-13-10-14(2)12-17(11-13)18-4-5-19(23-22-18)21-20-15(3)24-8-6-16(20)7-9-24/h4-5,10-12,15-16,20H,6-9H2,1-3H3,(H,21,23). The van der Waals surface area contributed by atoms with Gasteiger partial charge in [0.1, 0.15) is 5.82 Å². The summed E-state index contributed by atoms with van der Waals surface area (Å²) in [6.07, 6.45) is 2.60. The minimum Gasteiger partial charge on any atom is -0.364 e. The quantitative estimate of drug-likeness (QED) is 0.936. The lowest BCUT2D eigenvalue weighted by Gasteiger charge is -2.50. The number of rotatable bonds is 3. The van der Waals surface area contributed by atoms with E-state index in [9.17, 15) is 0 Å². The van der Waals surface area contributed by atoms with Gasteiger partial charge in [0.25, 0.3) is 0 Å². The molecule has 4 heterocycles. The monoisotopic (exact) mass is 322 g/mol. The van der Waals surface area contributed by atoms with Gasteiger partial charge in [-0.25, -0.2) is 0 Å². The molecule has 1 N–H and O–H groups in total. The molecule has 2 atom stereocenters. The molecule has 2 unspecified atom stereocenters. The molecule has 0 amide bonds. The van der Waals surface area contributed by atoms with Crippen LogP contribution < -0.4 is 5.32 Å². The van der Waals surface area contributed by atoms with Gasteiger partial charge in [0.15, 0.2) is 0 Å². The Balaban J connectivity index is 1.52. The molecule has 0 saturated carbocycles. The highest BCUT2D eigenvalue weighted by molar-refractivity contribution is 5.61. The van der Waals surface area contributed by atoms with Crippen molar-refractivity contribution in [3.05, 3.63) is 41.5 Å². The van der Waals surface area contributed by atoms with Gasteiger partial charge < -0.3 is 5.32 Å². The molecule has 3 fully saturated rings. The number of benzene rings is 1. The summed E-state index contributed by atoms with van der Waals surface area (Å²) >= 11 is 0. The van der Waals surface area contributed by atoms with Gasteiger partial charge in [-0.1, -0.05) is 17.2 Å². The molecule has 126 valence electrons. The summed E-state index contributed by atoms with van der Waals surface area (Å²) in [6.45, 7) is 9.08. The number of nitrogens with one attached hydrogen (secondary N) is 1. The lowest BCUT2D eigenvalue weighted by Crippen LogP contribution is -2.59. The molecular weight excluding hydrogens is 296 g/mol. The Labute approximate surface area is 144 Å². The molecule has 4 nitrogen and oxygen atoms in total. The van der Waals surface area contributed by atoms with Crippen molar-refractivity contribution in [1.29, 1.82) is 0 Å². The van der Waals surface area contributed by atoms with Gasteiger partial charge in [-0.05, 0) is 76.9 Å². The molecule has 5 rings (SSSR count). The lowest BCUT2D eigenvalue weighted by molar-refractivity contribution is 0.0457. The van der Waals surface area contributed by atoms with E-state index < -0.39 is 0 Å². The van der Waals surface area contributed by atoms with E-state index in [1.807, 2.05) is 0 Å². The second kappa shape index (κ2) is 6.17. The Bertz CT molecular complexity index is 695. The first kappa shape index (κ1) is 15.6. The molecular formula is C20H26N4. The topological polar surface area (TPSA) is 41.0 Å². The van der Waals surface area contributed by atoms with Crippen LogP contribution in [-0.2, 0) is 0 Å². The Morgan fingerprint density at radius 3 is 2.29 bits per heavy atom. The highest BCUT2D eigenvalue weighted by Gasteiger charge is 2.39. The minimum absolute atomic E-state index is 0.494. The number of hydrogen-bond acceptors (Lipinski definition) is 4. The van der Waals surface area contributed by atoms with Crippen LogP contribution in [-0.4, -0.2) is 40.3 Å². The second-order valence-electron chi connectivity index (χ2n) is 7.46. The fourth-order valence-electron chi connectivity index (χ4n) is 4.40. The molecule has 3 saturated heterocycles. The van der Waals surface area contributed by atoms with E-state index in [1.165, 1.54) is 37.1 Å². The summed E-state index contributed by atoms with van der Waals surface area (Å²) in [6, 6.07) is 11.7. The van der Waals surface area contributed by atoms with Crippen molar-refractivity contribution >= 4 is 5.82 Å². The summed E-state index contributed by atoms with van der Waals surface area (Å²) in [7, 11) is 0. The van der Waals surface area contributed by atoms with Crippen LogP contribution in [0.2, 0.25) is 0 Å². The van der Waals surface area contributed by atoms with Crippen LogP contribution in [0.25, 0.3) is 11.3 Å². The lowest BCUT2D eigenvalue weighted by atomic mass is 9.79. The van der Waals surface area contributed by atoms with E-state index in [2.05, 4.69) is 71.5 Å². The number of fused-ring (bicyclic) bond motifs is 3. The average molecular weight is 322 g/mol. The zero-order valence-corrected chi connectivity index (χ0v) is 14.8. The molecule has 1 aromatic heterocycles. The van der Waals surface area contributed by atoms with Crippen LogP contribution in [0.15, 0.2) is 30.3 Å². The second-order valence-corrected chi connectivity index (χ2v) is 7.46. The van der Waals surface area contributed by atoms with Crippen LogP contribution in [0.3, 0.4) is 0 Å². The summed E-state index contributed by atoms with van der Waals surface area (Å²) in [5, 5.41) is 12.6. The van der Waals surface area contributed by atoms with E-state index >= 15 is 0 Å². The molecule has 4 heteroatoms. The number of anilines is 1. The summed E-state index contributed by atoms with van der Waals surface area (Å²) in [4.78, 5) is 2.59. The highest BCUT2D eigenvalue weighted by Crippen LogP contribution is 2.33. The van der Waals surface area contributed by atoms with Crippen molar-refractivity contribution in [1.82, 2.24) is 15.1 Å². The van der Waals surface area contributed by atoms with Crippen LogP contribution in [0.1, 0.15) is 30.9 Å². The fraction of sp³-hybridized carbons (Fsp3) is 0.500. The van der Waals surface area contributed by atoms with Crippen molar-refractivity contribution in [3.8, 4) is 11.3 Å². The molecule has 2 aromatic rings. The number of aryl methyl sites for hydroxylation is 2. The Kier molecular flexibility index (Phi) is 4.01. The summed E-state index contributed by atoms with van der Waals surface area (Å²) < 4.78 is 0. The first-order valence-corrected chi connectivity index (χ1v) is 9.03. The number of aromatic nitrogens is 2. The van der Waals surface area contributed by atoms with E-state index in [-0.39, 0.29) is 0 Å². The molecule has 0 radical (unpaired) electrons. The van der Waals surface area contributed by atoms with E-state index in [1.54, 1.807) is 0 Å². The summed E-state index contributed by atoms with van der Waals surface area (Å²) in [5.41, 5.74) is 4.60. The molecule has 0 aliphatic carbocycles. The van der Waals surface area contributed by atoms with Gasteiger partial charge in [-0.15, -0.1) is 10.2 Å². The third-order valence-electron chi connectivity index (χ3n) is 5.67. The van der Waals surface area contributed by atoms with Crippen LogP contribution >= 0.6 is 0 Å². The molecule has 0 spiro atoms. The van der Waals surface area contributed by atoms with Crippen molar-refractivity contribution < 1.29 is 0 Å². The third kappa shape index (κ3) is 2.91. The first-order chi connectivity index (χ1) is 11.6.